The first-order chi connectivity index (χ1) is 30.7. The smallest absolute Gasteiger partial charge is 0.410 e. The van der Waals surface area contributed by atoms with E-state index in [1.807, 2.05) is 12.1 Å². The van der Waals surface area contributed by atoms with Gasteiger partial charge in [0.15, 0.2) is 0 Å². The Morgan fingerprint density at radius 1 is 1.00 bits per heavy atom. The molecule has 6 unspecified atom stereocenters. The van der Waals surface area contributed by atoms with E-state index in [1.165, 1.54) is 24.1 Å². The van der Waals surface area contributed by atoms with Crippen LogP contribution in [0.15, 0.2) is 96.2 Å². The first-order valence-corrected chi connectivity index (χ1v) is 21.4. The molecular weight excluding hydrogens is 815 g/mol. The van der Waals surface area contributed by atoms with Crippen LogP contribution in [0.5, 0.6) is 17.2 Å². The molecule has 1 heterocycles. The number of amides is 1. The molecule has 2 aliphatic carbocycles. The van der Waals surface area contributed by atoms with E-state index in [2.05, 4.69) is 12.7 Å². The molecule has 63 heavy (non-hydrogen) atoms. The van der Waals surface area contributed by atoms with E-state index in [4.69, 9.17) is 33.7 Å². The summed E-state index contributed by atoms with van der Waals surface area (Å²) < 4.78 is 31.6. The van der Waals surface area contributed by atoms with Gasteiger partial charge in [-0.3, -0.25) is 19.8 Å². The molecule has 16 nitrogen and oxygen atoms in total. The van der Waals surface area contributed by atoms with Crippen molar-refractivity contribution >= 4 is 23.8 Å². The Bertz CT molecular complexity index is 2090. The zero-order valence-electron chi connectivity index (χ0n) is 35.5. The van der Waals surface area contributed by atoms with Crippen LogP contribution in [0.2, 0.25) is 0 Å². The van der Waals surface area contributed by atoms with Crippen LogP contribution in [0.4, 0.5) is 10.5 Å². The van der Waals surface area contributed by atoms with Crippen LogP contribution in [0.3, 0.4) is 0 Å². The summed E-state index contributed by atoms with van der Waals surface area (Å²) in [6, 6.07) is 17.5. The molecule has 6 atom stereocenters. The summed E-state index contributed by atoms with van der Waals surface area (Å²) in [5.74, 6) is -1.15. The number of methoxy groups -OCH3 is 1. The standard InChI is InChI=1S/C47H57N3O13/c1-3-23-60-47-43(49(46(55)58-2)19-24-59-25-22-53)29-41(48-61-31-32-13-15-35(16-14-32)50(56)57)39-27-34(10-4-6-20-51)38(12-5-7-21-52)44(45(39)47)40-28-37(17-18-42(40)63-47)62-36-11-8-9-33(26-36)30-54/h3,8-9,11,13-18,26-28,30,34,38,43-45,51-53H,1,4-7,10,12,19-25,29,31H2,2H3. The molecule has 3 aliphatic rings. The number of hydrogen-bond acceptors (Lipinski definition) is 14. The van der Waals surface area contributed by atoms with Gasteiger partial charge < -0.3 is 43.8 Å². The fourth-order valence-corrected chi connectivity index (χ4v) is 9.22. The maximum Gasteiger partial charge on any atom is 0.410 e. The highest BCUT2D eigenvalue weighted by molar-refractivity contribution is 6.03. The Kier molecular flexibility index (Phi) is 16.8. The fourth-order valence-electron chi connectivity index (χ4n) is 9.22. The van der Waals surface area contributed by atoms with Gasteiger partial charge in [0.2, 0.25) is 5.79 Å². The van der Waals surface area contributed by atoms with Gasteiger partial charge in [-0.15, -0.1) is 6.58 Å². The fraction of sp³-hybridized carbons (Fsp3) is 0.468. The summed E-state index contributed by atoms with van der Waals surface area (Å²) in [4.78, 5) is 44.1. The molecule has 6 rings (SSSR count). The number of nitro benzene ring substituents is 1. The van der Waals surface area contributed by atoms with Crippen molar-refractivity contribution in [2.75, 3.05) is 53.3 Å². The lowest BCUT2D eigenvalue weighted by Gasteiger charge is -2.59. The van der Waals surface area contributed by atoms with Crippen molar-refractivity contribution in [3.63, 3.8) is 0 Å². The molecule has 3 aromatic carbocycles. The second-order valence-electron chi connectivity index (χ2n) is 15.8. The van der Waals surface area contributed by atoms with Gasteiger partial charge in [0.1, 0.15) is 36.2 Å². The van der Waals surface area contributed by atoms with E-state index < -0.39 is 28.8 Å². The molecule has 3 N–H and O–H groups in total. The van der Waals surface area contributed by atoms with Gasteiger partial charge in [0.25, 0.3) is 5.69 Å². The highest BCUT2D eigenvalue weighted by atomic mass is 16.7. The van der Waals surface area contributed by atoms with E-state index in [0.717, 1.165) is 30.3 Å². The molecule has 1 saturated carbocycles. The minimum absolute atomic E-state index is 0.00356. The van der Waals surface area contributed by atoms with Gasteiger partial charge in [-0.1, -0.05) is 42.3 Å². The first kappa shape index (κ1) is 46.8. The van der Waals surface area contributed by atoms with E-state index in [-0.39, 0.29) is 82.7 Å². The third-order valence-corrected chi connectivity index (χ3v) is 11.9. The second kappa shape index (κ2) is 22.6. The van der Waals surface area contributed by atoms with Crippen LogP contribution in [0.1, 0.15) is 72.3 Å². The molecule has 16 heteroatoms. The third-order valence-electron chi connectivity index (χ3n) is 11.9. The lowest BCUT2D eigenvalue weighted by Crippen LogP contribution is -2.70. The number of carbonyl (C=O) groups excluding carboxylic acids is 2. The molecule has 0 radical (unpaired) electrons. The second-order valence-corrected chi connectivity index (χ2v) is 15.8. The maximum atomic E-state index is 14.0. The number of ether oxygens (including phenoxy) is 5. The van der Waals surface area contributed by atoms with Crippen molar-refractivity contribution in [2.45, 2.75) is 69.3 Å². The number of aliphatic hydroxyl groups is 3. The summed E-state index contributed by atoms with van der Waals surface area (Å²) in [6.07, 6.45) is 8.10. The summed E-state index contributed by atoms with van der Waals surface area (Å²) >= 11 is 0. The van der Waals surface area contributed by atoms with Crippen LogP contribution in [0, 0.1) is 27.9 Å². The highest BCUT2D eigenvalue weighted by Crippen LogP contribution is 2.62. The number of carbonyl (C=O) groups is 2. The third kappa shape index (κ3) is 10.9. The monoisotopic (exact) mass is 871 g/mol. The van der Waals surface area contributed by atoms with Gasteiger partial charge in [-0.05, 0) is 91.1 Å². The van der Waals surface area contributed by atoms with Gasteiger partial charge in [0, 0.05) is 55.4 Å². The van der Waals surface area contributed by atoms with Crippen molar-refractivity contribution in [1.82, 2.24) is 4.90 Å². The Morgan fingerprint density at radius 3 is 2.46 bits per heavy atom. The normalized spacial score (nSPS) is 22.8. The largest absolute Gasteiger partial charge is 0.459 e. The lowest BCUT2D eigenvalue weighted by atomic mass is 9.55. The minimum Gasteiger partial charge on any atom is -0.459 e. The summed E-state index contributed by atoms with van der Waals surface area (Å²) in [5, 5.41) is 45.4. The van der Waals surface area contributed by atoms with Gasteiger partial charge >= 0.3 is 6.09 Å². The number of unbranched alkanes of at least 4 members (excludes halogenated alkanes) is 2. The SMILES string of the molecule is C=CCOC12Oc3ccc(Oc4cccc(C=O)c4)cc3C3C(CCCCO)C(CCCCO)C=C(C(=NOCc4ccc([N+](=O)[O-])cc4)CC1N(CCOCCO)C(=O)OC)C32. The quantitative estimate of drug-likeness (QED) is 0.0270. The van der Waals surface area contributed by atoms with Crippen LogP contribution < -0.4 is 9.47 Å². The maximum absolute atomic E-state index is 14.0. The van der Waals surface area contributed by atoms with Gasteiger partial charge in [-0.2, -0.15) is 0 Å². The number of nitrogens with zero attached hydrogens (tertiary/aromatic N) is 3. The van der Waals surface area contributed by atoms with Gasteiger partial charge in [0.05, 0.1) is 50.1 Å². The summed E-state index contributed by atoms with van der Waals surface area (Å²) in [6.45, 7) is 4.02. The van der Waals surface area contributed by atoms with Crippen molar-refractivity contribution in [1.29, 1.82) is 0 Å². The molecule has 0 aromatic heterocycles. The number of nitro groups is 1. The average molecular weight is 872 g/mol. The number of hydrogen-bond donors (Lipinski definition) is 3. The van der Waals surface area contributed by atoms with Crippen molar-refractivity contribution in [3.8, 4) is 17.2 Å². The molecule has 0 spiro atoms. The number of fused-ring (bicyclic) bond motifs is 2. The molecule has 0 bridgehead atoms. The van der Waals surface area contributed by atoms with E-state index in [0.29, 0.717) is 59.8 Å². The molecule has 338 valence electrons. The van der Waals surface area contributed by atoms with E-state index in [9.17, 15) is 35.0 Å². The average Bonchev–Trinajstić information content (AvgIpc) is 3.30. The Hall–Kier alpha value is -5.65. The zero-order valence-corrected chi connectivity index (χ0v) is 35.5. The topological polar surface area (TPSA) is 209 Å². The molecule has 1 amide bonds. The number of aldehydes is 1. The molecule has 3 aromatic rings. The number of non-ortho nitro benzene ring substituents is 1. The van der Waals surface area contributed by atoms with Crippen LogP contribution in [0.25, 0.3) is 0 Å². The Morgan fingerprint density at radius 2 is 1.76 bits per heavy atom. The van der Waals surface area contributed by atoms with Gasteiger partial charge in [-0.25, -0.2) is 4.79 Å². The Labute approximate surface area is 366 Å². The molecule has 1 aliphatic heterocycles. The number of rotatable bonds is 24. The molecule has 1 fully saturated rings. The number of allylic oxidation sites excluding steroid dienone is 1. The van der Waals surface area contributed by atoms with Crippen LogP contribution >= 0.6 is 0 Å². The van der Waals surface area contributed by atoms with Crippen LogP contribution in [-0.4, -0.2) is 108 Å². The lowest BCUT2D eigenvalue weighted by molar-refractivity contribution is -0.384. The van der Waals surface area contributed by atoms with Crippen molar-refractivity contribution in [3.05, 3.63) is 118 Å². The Balaban J connectivity index is 1.56. The predicted octanol–water partition coefficient (Wildman–Crippen LogP) is 7.11. The van der Waals surface area contributed by atoms with Crippen LogP contribution in [-0.2, 0) is 25.7 Å². The first-order valence-electron chi connectivity index (χ1n) is 21.4. The van der Waals surface area contributed by atoms with E-state index >= 15 is 0 Å². The number of aliphatic hydroxyl groups excluding tert-OH is 3. The summed E-state index contributed by atoms with van der Waals surface area (Å²) in [5.41, 5.74) is 3.22. The van der Waals surface area contributed by atoms with Crippen molar-refractivity contribution < 1.29 is 58.4 Å². The number of oxime groups is 1. The predicted molar refractivity (Wildman–Crippen MR) is 232 cm³/mol. The number of benzene rings is 3. The van der Waals surface area contributed by atoms with Crippen molar-refractivity contribution in [2.24, 2.45) is 22.9 Å². The molecule has 0 saturated heterocycles. The molecular formula is C47H57N3O13. The zero-order chi connectivity index (χ0) is 44.8. The minimum atomic E-state index is -1.56. The summed E-state index contributed by atoms with van der Waals surface area (Å²) in [7, 11) is 1.29. The highest BCUT2D eigenvalue weighted by Gasteiger charge is 2.65. The van der Waals surface area contributed by atoms with E-state index in [1.54, 1.807) is 48.5 Å².